The van der Waals surface area contributed by atoms with Gasteiger partial charge >= 0.3 is 0 Å². The molecule has 1 amide bonds. The van der Waals surface area contributed by atoms with Gasteiger partial charge in [0.25, 0.3) is 0 Å². The van der Waals surface area contributed by atoms with Crippen LogP contribution in [0.4, 0.5) is 14.5 Å². The zero-order valence-electron chi connectivity index (χ0n) is 17.7. The maximum absolute atomic E-state index is 14.0. The minimum Gasteiger partial charge on any atom is -0.386 e. The Morgan fingerprint density at radius 1 is 1.31 bits per heavy atom. The molecule has 3 aromatic rings. The Labute approximate surface area is 184 Å². The van der Waals surface area contributed by atoms with E-state index in [0.717, 1.165) is 10.5 Å². The highest BCUT2D eigenvalue weighted by Gasteiger charge is 2.27. The Hall–Kier alpha value is -3.60. The molecule has 3 heterocycles. The summed E-state index contributed by atoms with van der Waals surface area (Å²) in [6.45, 7) is 1.82. The topological polar surface area (TPSA) is 127 Å². The van der Waals surface area contributed by atoms with Gasteiger partial charge in [-0.3, -0.25) is 14.3 Å². The number of hydrazone groups is 1. The minimum absolute atomic E-state index is 0.0552. The smallest absolute Gasteiger partial charge is 0.250 e. The number of nitrogens with zero attached hydrogens (tertiary/aromatic N) is 5. The Bertz CT molecular complexity index is 1100. The lowest BCUT2D eigenvalue weighted by molar-refractivity contribution is -0.109. The van der Waals surface area contributed by atoms with Crippen molar-refractivity contribution in [2.45, 2.75) is 38.5 Å². The second kappa shape index (κ2) is 10.1. The van der Waals surface area contributed by atoms with Crippen molar-refractivity contribution in [3.8, 4) is 5.69 Å². The Balaban J connectivity index is 1.77. The number of rotatable bonds is 11. The first kappa shape index (κ1) is 23.1. The van der Waals surface area contributed by atoms with E-state index in [1.165, 1.54) is 0 Å². The van der Waals surface area contributed by atoms with Gasteiger partial charge in [-0.15, -0.1) is 5.10 Å². The average Bonchev–Trinajstić information content (AvgIpc) is 3.21. The number of nitrogens with two attached hydrogens (primary N) is 2. The summed E-state index contributed by atoms with van der Waals surface area (Å²) in [5.74, 6) is 3.48. The largest absolute Gasteiger partial charge is 0.386 e. The third-order valence-electron chi connectivity index (χ3n) is 4.93. The van der Waals surface area contributed by atoms with Crippen LogP contribution in [0.2, 0.25) is 0 Å². The third kappa shape index (κ3) is 5.76. The van der Waals surface area contributed by atoms with Gasteiger partial charge in [-0.1, -0.05) is 6.92 Å². The number of alkyl halides is 2. The van der Waals surface area contributed by atoms with Crippen molar-refractivity contribution in [1.82, 2.24) is 19.9 Å². The van der Waals surface area contributed by atoms with E-state index in [4.69, 9.17) is 11.6 Å². The lowest BCUT2D eigenvalue weighted by Crippen LogP contribution is -2.28. The van der Waals surface area contributed by atoms with Crippen LogP contribution in [-0.2, 0) is 11.2 Å². The predicted octanol–water partition coefficient (Wildman–Crippen LogP) is 2.49. The van der Waals surface area contributed by atoms with Crippen LogP contribution in [-0.4, -0.2) is 39.2 Å². The van der Waals surface area contributed by atoms with E-state index in [-0.39, 0.29) is 19.4 Å². The molecule has 5 N–H and O–H groups in total. The summed E-state index contributed by atoms with van der Waals surface area (Å²) in [4.78, 5) is 18.9. The molecule has 170 valence electrons. The molecule has 3 rings (SSSR count). The number of aryl methyl sites for hydroxylation is 1. The molecule has 0 aliphatic rings. The van der Waals surface area contributed by atoms with Crippen LogP contribution in [0.3, 0.4) is 0 Å². The normalized spacial score (nSPS) is 12.2. The fraction of sp³-hybridized carbons (Fsp3) is 0.333. The van der Waals surface area contributed by atoms with Gasteiger partial charge in [0, 0.05) is 43.6 Å². The summed E-state index contributed by atoms with van der Waals surface area (Å²) in [6, 6.07) is 5.50. The standard InChI is InChI=1S/C21H26F2N8O/c1-2-19(24)29-31(25)18-10-17(12-27-13-18)30-8-4-16-9-15(11-28-20(16)30)3-5-21(22,23)6-7-26-14-32/h4,8-14H,2-3,5-7,25H2,1H3,(H2,24,29)(H,26,32). The van der Waals surface area contributed by atoms with Crippen LogP contribution in [0.5, 0.6) is 0 Å². The summed E-state index contributed by atoms with van der Waals surface area (Å²) in [7, 11) is 0. The molecule has 32 heavy (non-hydrogen) atoms. The zero-order chi connectivity index (χ0) is 23.1. The van der Waals surface area contributed by atoms with Crippen molar-refractivity contribution in [2.24, 2.45) is 16.7 Å². The van der Waals surface area contributed by atoms with E-state index < -0.39 is 12.3 Å². The van der Waals surface area contributed by atoms with Gasteiger partial charge < -0.3 is 11.1 Å². The van der Waals surface area contributed by atoms with E-state index in [1.807, 2.05) is 29.8 Å². The first-order chi connectivity index (χ1) is 15.3. The number of halogens is 2. The van der Waals surface area contributed by atoms with Gasteiger partial charge in [0.1, 0.15) is 11.5 Å². The molecule has 0 unspecified atom stereocenters. The molecule has 0 fully saturated rings. The zero-order valence-corrected chi connectivity index (χ0v) is 17.7. The Morgan fingerprint density at radius 2 is 2.12 bits per heavy atom. The lowest BCUT2D eigenvalue weighted by atomic mass is 10.0. The summed E-state index contributed by atoms with van der Waals surface area (Å²) >= 11 is 0. The number of amidine groups is 1. The van der Waals surface area contributed by atoms with Crippen molar-refractivity contribution in [2.75, 3.05) is 11.7 Å². The van der Waals surface area contributed by atoms with E-state index in [2.05, 4.69) is 20.4 Å². The van der Waals surface area contributed by atoms with Gasteiger partial charge in [0.2, 0.25) is 12.3 Å². The molecule has 9 nitrogen and oxygen atoms in total. The van der Waals surface area contributed by atoms with Crippen molar-refractivity contribution in [3.05, 3.63) is 48.5 Å². The first-order valence-corrected chi connectivity index (χ1v) is 10.2. The van der Waals surface area contributed by atoms with E-state index in [0.29, 0.717) is 41.3 Å². The SMILES string of the molecule is CC/C(N)=N/N(N)c1cncc(-n2ccc3cc(CCC(F)(F)CCNC=O)cnc32)c1. The van der Waals surface area contributed by atoms with Crippen LogP contribution >= 0.6 is 0 Å². The van der Waals surface area contributed by atoms with E-state index in [9.17, 15) is 13.6 Å². The number of hydrogen-bond donors (Lipinski definition) is 3. The monoisotopic (exact) mass is 444 g/mol. The number of nitrogens with one attached hydrogen (secondary N) is 1. The molecule has 0 spiro atoms. The number of hydrogen-bond acceptors (Lipinski definition) is 6. The van der Waals surface area contributed by atoms with Crippen molar-refractivity contribution < 1.29 is 13.6 Å². The highest BCUT2D eigenvalue weighted by Crippen LogP contribution is 2.26. The van der Waals surface area contributed by atoms with Crippen molar-refractivity contribution in [1.29, 1.82) is 0 Å². The fourth-order valence-corrected chi connectivity index (χ4v) is 3.12. The van der Waals surface area contributed by atoms with E-state index in [1.54, 1.807) is 24.7 Å². The summed E-state index contributed by atoms with van der Waals surface area (Å²) in [6.07, 6.45) is 7.10. The number of aromatic nitrogens is 3. The minimum atomic E-state index is -2.86. The number of hydrazine groups is 1. The molecule has 0 atom stereocenters. The molecule has 0 saturated carbocycles. The fourth-order valence-electron chi connectivity index (χ4n) is 3.12. The second-order valence-electron chi connectivity index (χ2n) is 7.31. The number of carbonyl (C=O) groups is 1. The number of pyridine rings is 2. The molecule has 0 radical (unpaired) electrons. The first-order valence-electron chi connectivity index (χ1n) is 10.2. The maximum atomic E-state index is 14.0. The van der Waals surface area contributed by atoms with Gasteiger partial charge in [-0.2, -0.15) is 5.12 Å². The maximum Gasteiger partial charge on any atom is 0.250 e. The second-order valence-corrected chi connectivity index (χ2v) is 7.31. The molecule has 3 aromatic heterocycles. The number of fused-ring (bicyclic) bond motifs is 1. The van der Waals surface area contributed by atoms with Crippen LogP contribution in [0.15, 0.2) is 48.1 Å². The number of carbonyl (C=O) groups excluding carboxylic acids is 1. The number of anilines is 1. The van der Waals surface area contributed by atoms with Gasteiger partial charge in [-0.05, 0) is 30.2 Å². The highest BCUT2D eigenvalue weighted by atomic mass is 19.3. The Kier molecular flexibility index (Phi) is 7.31. The van der Waals surface area contributed by atoms with Gasteiger partial charge in [-0.25, -0.2) is 19.6 Å². The van der Waals surface area contributed by atoms with Gasteiger partial charge in [0.15, 0.2) is 0 Å². The molecule has 0 aliphatic carbocycles. The van der Waals surface area contributed by atoms with Crippen molar-refractivity contribution in [3.63, 3.8) is 0 Å². The molecular weight excluding hydrogens is 418 g/mol. The summed E-state index contributed by atoms with van der Waals surface area (Å²) < 4.78 is 29.7. The average molecular weight is 444 g/mol. The summed E-state index contributed by atoms with van der Waals surface area (Å²) in [5, 5.41) is 8.33. The lowest BCUT2D eigenvalue weighted by Gasteiger charge is -2.16. The van der Waals surface area contributed by atoms with Crippen molar-refractivity contribution >= 4 is 29.0 Å². The molecule has 0 aliphatic heterocycles. The third-order valence-corrected chi connectivity index (χ3v) is 4.93. The predicted molar refractivity (Wildman–Crippen MR) is 119 cm³/mol. The highest BCUT2D eigenvalue weighted by molar-refractivity contribution is 5.81. The van der Waals surface area contributed by atoms with Crippen LogP contribution < -0.4 is 22.0 Å². The van der Waals surface area contributed by atoms with Crippen LogP contribution in [0, 0.1) is 0 Å². The molecule has 0 bridgehead atoms. The summed E-state index contributed by atoms with van der Waals surface area (Å²) in [5.41, 5.74) is 8.38. The Morgan fingerprint density at radius 3 is 2.88 bits per heavy atom. The molecule has 0 saturated heterocycles. The molecule has 0 aromatic carbocycles. The molecular formula is C21H26F2N8O. The van der Waals surface area contributed by atoms with Gasteiger partial charge in [0.05, 0.1) is 23.8 Å². The van der Waals surface area contributed by atoms with E-state index >= 15 is 0 Å². The molecule has 11 heteroatoms. The number of amides is 1. The van der Waals surface area contributed by atoms with Crippen LogP contribution in [0.1, 0.15) is 31.7 Å². The quantitative estimate of drug-likeness (QED) is 0.104. The van der Waals surface area contributed by atoms with Crippen LogP contribution in [0.25, 0.3) is 16.7 Å².